The van der Waals surface area contributed by atoms with Crippen LogP contribution in [0.1, 0.15) is 31.7 Å². The number of esters is 1. The van der Waals surface area contributed by atoms with Gasteiger partial charge in [-0.15, -0.1) is 11.8 Å². The first-order chi connectivity index (χ1) is 17.2. The number of anilines is 1. The lowest BCUT2D eigenvalue weighted by Gasteiger charge is -2.37. The third kappa shape index (κ3) is 3.80. The van der Waals surface area contributed by atoms with E-state index in [0.29, 0.717) is 17.3 Å². The molecule has 2 fully saturated rings. The monoisotopic (exact) mass is 530 g/mol. The predicted molar refractivity (Wildman–Crippen MR) is 140 cm³/mol. The van der Waals surface area contributed by atoms with Gasteiger partial charge in [0, 0.05) is 17.8 Å². The molecule has 0 radical (unpaired) electrons. The summed E-state index contributed by atoms with van der Waals surface area (Å²) in [4.78, 5) is 44.9. The van der Waals surface area contributed by atoms with Gasteiger partial charge in [0.05, 0.1) is 40.5 Å². The van der Waals surface area contributed by atoms with Crippen LogP contribution in [0.3, 0.4) is 0 Å². The zero-order valence-electron chi connectivity index (χ0n) is 20.5. The second kappa shape index (κ2) is 9.54. The summed E-state index contributed by atoms with van der Waals surface area (Å²) in [5.74, 6) is -2.50. The van der Waals surface area contributed by atoms with Gasteiger partial charge in [0.2, 0.25) is 5.91 Å². The number of likely N-dealkylation sites (tertiary alicyclic amines) is 1. The number of fused-ring (bicyclic) bond motifs is 2. The Bertz CT molecular complexity index is 1130. The molecule has 0 bridgehead atoms. The van der Waals surface area contributed by atoms with Crippen LogP contribution in [0, 0.1) is 18.8 Å². The van der Waals surface area contributed by atoms with Gasteiger partial charge < -0.3 is 19.6 Å². The average molecular weight is 531 g/mol. The molecule has 5 atom stereocenters. The van der Waals surface area contributed by atoms with Crippen molar-refractivity contribution in [1.29, 1.82) is 0 Å². The fraction of sp³-hybridized carbons (Fsp3) is 0.519. The molecule has 0 aliphatic carbocycles. The lowest BCUT2D eigenvalue weighted by Crippen LogP contribution is -2.54. The van der Waals surface area contributed by atoms with E-state index in [1.165, 1.54) is 16.7 Å². The van der Waals surface area contributed by atoms with Gasteiger partial charge in [-0.1, -0.05) is 48.0 Å². The molecule has 4 aliphatic rings. The number of aliphatic hydroxyl groups is 1. The smallest absolute Gasteiger partial charge is 0.311 e. The van der Waals surface area contributed by atoms with Gasteiger partial charge in [-0.3, -0.25) is 14.4 Å². The fourth-order valence-corrected chi connectivity index (χ4v) is 8.79. The molecule has 4 heterocycles. The number of para-hydroxylation sites is 1. The molecule has 2 amide bonds. The van der Waals surface area contributed by atoms with Crippen molar-refractivity contribution in [3.63, 3.8) is 0 Å². The van der Waals surface area contributed by atoms with Crippen molar-refractivity contribution < 1.29 is 24.2 Å². The highest BCUT2D eigenvalue weighted by molar-refractivity contribution is 8.02. The van der Waals surface area contributed by atoms with E-state index in [0.717, 1.165) is 24.8 Å². The first-order valence-corrected chi connectivity index (χ1v) is 13.6. The first-order valence-electron chi connectivity index (χ1n) is 12.5. The minimum absolute atomic E-state index is 0.00551. The predicted octanol–water partition coefficient (Wildman–Crippen LogP) is 3.51. The maximum absolute atomic E-state index is 14.3. The van der Waals surface area contributed by atoms with Crippen molar-refractivity contribution in [2.45, 2.75) is 48.6 Å². The van der Waals surface area contributed by atoms with Crippen molar-refractivity contribution in [3.8, 4) is 0 Å². The minimum Gasteiger partial charge on any atom is -0.465 e. The number of thioether (sulfide) groups is 1. The van der Waals surface area contributed by atoms with E-state index in [2.05, 4.69) is 6.08 Å². The largest absolute Gasteiger partial charge is 0.465 e. The van der Waals surface area contributed by atoms with Gasteiger partial charge in [-0.2, -0.15) is 0 Å². The van der Waals surface area contributed by atoms with E-state index < -0.39 is 33.3 Å². The van der Waals surface area contributed by atoms with Gasteiger partial charge in [-0.05, 0) is 44.7 Å². The quantitative estimate of drug-likeness (QED) is 0.475. The number of nitrogens with zero attached hydrogens (tertiary/aromatic N) is 2. The van der Waals surface area contributed by atoms with Crippen LogP contribution in [-0.4, -0.2) is 69.6 Å². The number of benzene rings is 1. The van der Waals surface area contributed by atoms with Gasteiger partial charge in [0.25, 0.3) is 5.91 Å². The molecule has 4 aliphatic heterocycles. The standard InChI is InChI=1S/C27H31ClN2O5S/c1-17-9-7-10-18(28)21(17)29-13-8-12-27-19(23(32)30(14-15-31)22(27)24(29)33)20-25(34)35-16-6-4-3-5-11-26(20,2)36-27/h5,7-12,19-20,22,31H,3-4,6,13-16H2,1-2H3/b11-5-/t19-,20+,22?,26-,27-/m0/s1. The lowest BCUT2D eigenvalue weighted by molar-refractivity contribution is -0.154. The number of hydrogen-bond acceptors (Lipinski definition) is 6. The van der Waals surface area contributed by atoms with Crippen molar-refractivity contribution in [3.05, 3.63) is 53.1 Å². The Balaban J connectivity index is 1.66. The van der Waals surface area contributed by atoms with Crippen molar-refractivity contribution >= 4 is 46.8 Å². The summed E-state index contributed by atoms with van der Waals surface area (Å²) in [5, 5.41) is 10.3. The van der Waals surface area contributed by atoms with Crippen LogP contribution in [0.4, 0.5) is 5.69 Å². The Morgan fingerprint density at radius 3 is 2.69 bits per heavy atom. The van der Waals surface area contributed by atoms with Gasteiger partial charge in [0.15, 0.2) is 0 Å². The molecule has 1 spiro atoms. The van der Waals surface area contributed by atoms with Crippen molar-refractivity contribution in [2.75, 3.05) is 31.2 Å². The number of β-amino-alcohol motifs (C(OH)–C–C–N with tert-alkyl or cyclic N) is 1. The highest BCUT2D eigenvalue weighted by Crippen LogP contribution is 2.65. The summed E-state index contributed by atoms with van der Waals surface area (Å²) in [5.41, 5.74) is 1.46. The van der Waals surface area contributed by atoms with E-state index >= 15 is 0 Å². The Kier molecular flexibility index (Phi) is 6.72. The molecule has 1 N–H and O–H groups in total. The summed E-state index contributed by atoms with van der Waals surface area (Å²) >= 11 is 8.05. The number of allylic oxidation sites excluding steroid dienone is 1. The van der Waals surface area contributed by atoms with Crippen molar-refractivity contribution in [2.24, 2.45) is 11.8 Å². The number of hydrogen-bond donors (Lipinski definition) is 1. The Hall–Kier alpha value is -2.29. The second-order valence-electron chi connectivity index (χ2n) is 10.1. The molecule has 1 aromatic carbocycles. The molecule has 1 aromatic rings. The zero-order chi connectivity index (χ0) is 25.7. The molecule has 5 rings (SSSR count). The third-order valence-electron chi connectivity index (χ3n) is 7.80. The van der Waals surface area contributed by atoms with E-state index in [-0.39, 0.29) is 31.5 Å². The molecule has 2 saturated heterocycles. The van der Waals surface area contributed by atoms with Gasteiger partial charge in [0.1, 0.15) is 6.04 Å². The summed E-state index contributed by atoms with van der Waals surface area (Å²) in [6, 6.07) is 4.58. The van der Waals surface area contributed by atoms with E-state index in [9.17, 15) is 19.5 Å². The molecular weight excluding hydrogens is 500 g/mol. The van der Waals surface area contributed by atoms with Crippen LogP contribution in [0.2, 0.25) is 5.02 Å². The van der Waals surface area contributed by atoms with Crippen LogP contribution >= 0.6 is 23.4 Å². The van der Waals surface area contributed by atoms with E-state index in [1.807, 2.05) is 44.2 Å². The van der Waals surface area contributed by atoms with Crippen LogP contribution in [0.25, 0.3) is 0 Å². The van der Waals surface area contributed by atoms with Crippen LogP contribution < -0.4 is 4.90 Å². The second-order valence-corrected chi connectivity index (χ2v) is 12.3. The van der Waals surface area contributed by atoms with Crippen LogP contribution in [0.5, 0.6) is 0 Å². The number of amides is 2. The summed E-state index contributed by atoms with van der Waals surface area (Å²) in [6.45, 7) is 4.19. The highest BCUT2D eigenvalue weighted by atomic mass is 35.5. The van der Waals surface area contributed by atoms with E-state index in [1.54, 1.807) is 11.0 Å². The van der Waals surface area contributed by atoms with Crippen LogP contribution in [0.15, 0.2) is 42.5 Å². The topological polar surface area (TPSA) is 87.2 Å². The number of carbonyl (C=O) groups is 3. The normalized spacial score (nSPS) is 35.1. The van der Waals surface area contributed by atoms with E-state index in [4.69, 9.17) is 16.3 Å². The molecule has 0 saturated carbocycles. The molecule has 36 heavy (non-hydrogen) atoms. The Labute approximate surface area is 220 Å². The number of carbonyl (C=O) groups excluding carboxylic acids is 3. The number of cyclic esters (lactones) is 1. The maximum Gasteiger partial charge on any atom is 0.311 e. The summed E-state index contributed by atoms with van der Waals surface area (Å²) in [7, 11) is 0. The molecular formula is C27H31ClN2O5S. The number of rotatable bonds is 3. The molecule has 1 unspecified atom stereocenters. The molecule has 0 aromatic heterocycles. The number of halogens is 1. The lowest BCUT2D eigenvalue weighted by atomic mass is 9.74. The van der Waals surface area contributed by atoms with Crippen molar-refractivity contribution in [1.82, 2.24) is 4.90 Å². The number of aliphatic hydroxyl groups excluding tert-OH is 1. The molecule has 9 heteroatoms. The van der Waals surface area contributed by atoms with Gasteiger partial charge in [-0.25, -0.2) is 0 Å². The zero-order valence-corrected chi connectivity index (χ0v) is 22.1. The SMILES string of the molecule is Cc1cccc(Cl)c1N1CC=C[C@]23S[C@@]4(C)/C=C\CCCCOC(=O)[C@H]4[C@H]2C(=O)N(CCO)C3C1=O. The fourth-order valence-electron chi connectivity index (χ4n) is 6.31. The maximum atomic E-state index is 14.3. The number of aryl methyl sites for hydroxylation is 1. The molecule has 192 valence electrons. The first kappa shape index (κ1) is 25.4. The summed E-state index contributed by atoms with van der Waals surface area (Å²) in [6.07, 6.45) is 10.5. The average Bonchev–Trinajstić information content (AvgIpc) is 3.15. The van der Waals surface area contributed by atoms with Crippen LogP contribution in [-0.2, 0) is 19.1 Å². The highest BCUT2D eigenvalue weighted by Gasteiger charge is 2.73. The third-order valence-corrected chi connectivity index (χ3v) is 9.90. The van der Waals surface area contributed by atoms with Gasteiger partial charge >= 0.3 is 5.97 Å². The summed E-state index contributed by atoms with van der Waals surface area (Å²) < 4.78 is 3.96. The molecule has 7 nitrogen and oxygen atoms in total. The number of ether oxygens (including phenoxy) is 1. The minimum atomic E-state index is -0.982. The Morgan fingerprint density at radius 1 is 1.14 bits per heavy atom. The Morgan fingerprint density at radius 2 is 1.94 bits per heavy atom.